The Kier molecular flexibility index (Phi) is 6.04. The normalized spacial score (nSPS) is 19.0. The molecule has 2 aromatic rings. The molecule has 5 heteroatoms. The molecule has 1 nitrogen and oxygen atoms in total. The Labute approximate surface area is 186 Å². The van der Waals surface area contributed by atoms with Crippen LogP contribution >= 0.6 is 15.9 Å². The van der Waals surface area contributed by atoms with Crippen molar-refractivity contribution in [3.63, 3.8) is 0 Å². The zero-order valence-electron chi connectivity index (χ0n) is 14.1. The molecule has 26 heavy (non-hydrogen) atoms. The van der Waals surface area contributed by atoms with Crippen molar-refractivity contribution in [1.29, 1.82) is 0 Å². The molecule has 0 bridgehead atoms. The minimum atomic E-state index is -0.607. The van der Waals surface area contributed by atoms with Gasteiger partial charge in [0.2, 0.25) is 0 Å². The Bertz CT molecular complexity index is 1040. The summed E-state index contributed by atoms with van der Waals surface area (Å²) in [6.45, 7) is 0. The average molecular weight is 524 g/mol. The molecule has 130 valence electrons. The van der Waals surface area contributed by atoms with Crippen molar-refractivity contribution in [3.8, 4) is 0 Å². The minimum absolute atomic E-state index is 0. The molecule has 3 aliphatic carbocycles. The summed E-state index contributed by atoms with van der Waals surface area (Å²) in [5.41, 5.74) is 7.11. The van der Waals surface area contributed by atoms with Crippen LogP contribution in [-0.4, -0.2) is 4.57 Å². The van der Waals surface area contributed by atoms with Crippen LogP contribution in [-0.2, 0) is 30.3 Å². The van der Waals surface area contributed by atoms with E-state index in [1.54, 1.807) is 8.85 Å². The SMILES string of the molecule is Cn1c2c(c3cc(Br)ccc31)C=C1C2=CC=C[CH]1[Zr+2][C]1=CC=CC1.[Cl-].[Cl-]. The molecule has 1 unspecified atom stereocenters. The number of hydrogen-bond acceptors (Lipinski definition) is 0. The number of rotatable bonds is 2. The van der Waals surface area contributed by atoms with Gasteiger partial charge in [-0.2, -0.15) is 0 Å². The molecule has 5 rings (SSSR count). The number of fused-ring (bicyclic) bond motifs is 5. The van der Waals surface area contributed by atoms with Crippen LogP contribution in [0.5, 0.6) is 0 Å². The smallest absolute Gasteiger partial charge is 1.00 e. The second-order valence-corrected chi connectivity index (χ2v) is 11.2. The van der Waals surface area contributed by atoms with Gasteiger partial charge in [-0.3, -0.25) is 0 Å². The van der Waals surface area contributed by atoms with Crippen LogP contribution in [0.1, 0.15) is 17.7 Å². The Morgan fingerprint density at radius 3 is 2.77 bits per heavy atom. The Hall–Kier alpha value is -0.597. The third-order valence-corrected chi connectivity index (χ3v) is 9.40. The second-order valence-electron chi connectivity index (χ2n) is 6.49. The number of hydrogen-bond donors (Lipinski definition) is 0. The van der Waals surface area contributed by atoms with Crippen molar-refractivity contribution in [2.24, 2.45) is 7.05 Å². The summed E-state index contributed by atoms with van der Waals surface area (Å²) in [7, 11) is 2.20. The average Bonchev–Trinajstić information content (AvgIpc) is 3.26. The predicted molar refractivity (Wildman–Crippen MR) is 101 cm³/mol. The van der Waals surface area contributed by atoms with Crippen molar-refractivity contribution in [1.82, 2.24) is 4.57 Å². The number of benzene rings is 1. The number of nitrogens with zero attached hydrogens (tertiary/aromatic N) is 1. The van der Waals surface area contributed by atoms with Gasteiger partial charge in [0.25, 0.3) is 0 Å². The topological polar surface area (TPSA) is 4.93 Å². The summed E-state index contributed by atoms with van der Waals surface area (Å²) in [5.74, 6) is 0. The van der Waals surface area contributed by atoms with Crippen molar-refractivity contribution in [2.45, 2.75) is 10.0 Å². The first-order valence-corrected chi connectivity index (χ1v) is 11.7. The van der Waals surface area contributed by atoms with E-state index in [0.29, 0.717) is 3.63 Å². The van der Waals surface area contributed by atoms with Gasteiger partial charge < -0.3 is 24.8 Å². The first-order chi connectivity index (χ1) is 11.7. The van der Waals surface area contributed by atoms with Gasteiger partial charge >= 0.3 is 163 Å². The van der Waals surface area contributed by atoms with E-state index in [4.69, 9.17) is 0 Å². The second kappa shape index (κ2) is 7.80. The van der Waals surface area contributed by atoms with Gasteiger partial charge in [-0.15, -0.1) is 0 Å². The largest absolute Gasteiger partial charge is 1.00 e. The van der Waals surface area contributed by atoms with E-state index in [0.717, 1.165) is 4.47 Å². The van der Waals surface area contributed by atoms with E-state index in [9.17, 15) is 0 Å². The molecular weight excluding hydrogens is 508 g/mol. The zero-order valence-corrected chi connectivity index (χ0v) is 19.7. The van der Waals surface area contributed by atoms with Crippen LogP contribution < -0.4 is 24.8 Å². The molecular formula is C21H16BrCl2NZr. The van der Waals surface area contributed by atoms with Crippen molar-refractivity contribution in [3.05, 3.63) is 79.2 Å². The fourth-order valence-corrected chi connectivity index (χ4v) is 7.84. The first kappa shape index (κ1) is 20.1. The molecule has 1 heterocycles. The summed E-state index contributed by atoms with van der Waals surface area (Å²) in [5, 5.41) is 1.36. The zero-order chi connectivity index (χ0) is 16.3. The quantitative estimate of drug-likeness (QED) is 0.522. The molecule has 1 aromatic heterocycles. The molecule has 0 radical (unpaired) electrons. The molecule has 1 aromatic carbocycles. The molecule has 0 saturated carbocycles. The number of aryl methyl sites for hydroxylation is 1. The summed E-state index contributed by atoms with van der Waals surface area (Å²) in [4.78, 5) is 0. The van der Waals surface area contributed by atoms with Gasteiger partial charge in [-0.05, 0) is 0 Å². The van der Waals surface area contributed by atoms with Crippen molar-refractivity contribution < 1.29 is 48.0 Å². The van der Waals surface area contributed by atoms with E-state index in [1.807, 2.05) is 0 Å². The maximum absolute atomic E-state index is 3.63. The number of allylic oxidation sites excluding steroid dienone is 9. The first-order valence-electron chi connectivity index (χ1n) is 8.23. The fourth-order valence-electron chi connectivity index (χ4n) is 3.97. The van der Waals surface area contributed by atoms with E-state index in [2.05, 4.69) is 88.3 Å². The van der Waals surface area contributed by atoms with Gasteiger partial charge in [0, 0.05) is 0 Å². The molecule has 0 saturated heterocycles. The van der Waals surface area contributed by atoms with E-state index in [-0.39, 0.29) is 24.8 Å². The summed E-state index contributed by atoms with van der Waals surface area (Å²) in [6.07, 6.45) is 17.6. The van der Waals surface area contributed by atoms with Crippen LogP contribution in [0.4, 0.5) is 0 Å². The summed E-state index contributed by atoms with van der Waals surface area (Å²) >= 11 is 3.03. The molecule has 0 amide bonds. The van der Waals surface area contributed by atoms with Gasteiger partial charge in [-0.1, -0.05) is 0 Å². The monoisotopic (exact) mass is 521 g/mol. The molecule has 3 aliphatic rings. The van der Waals surface area contributed by atoms with Crippen LogP contribution in [0.25, 0.3) is 22.6 Å². The molecule has 0 fully saturated rings. The van der Waals surface area contributed by atoms with Crippen molar-refractivity contribution in [2.75, 3.05) is 0 Å². The fraction of sp³-hybridized carbons (Fsp3) is 0.143. The molecule has 1 atom stereocenters. The summed E-state index contributed by atoms with van der Waals surface area (Å²) in [6, 6.07) is 6.61. The van der Waals surface area contributed by atoms with E-state index in [1.165, 1.54) is 34.2 Å². The maximum Gasteiger partial charge on any atom is -1.00 e. The molecule has 0 spiro atoms. The Balaban J connectivity index is 0.000000980. The van der Waals surface area contributed by atoms with Crippen molar-refractivity contribution >= 4 is 38.5 Å². The standard InChI is InChI=1S/C16H11BrN.C5H5.2ClH.Zr/c1-18-15-7-6-11(17)9-13(15)14-8-10-4-2-3-5-12(10)16(14)18;1-2-4-5-3-1;;;/h2-9H,1H3;1-3H,4H2;2*1H;/q;;;;+2/p-2. The summed E-state index contributed by atoms with van der Waals surface area (Å²) < 4.78 is 5.89. The van der Waals surface area contributed by atoms with Gasteiger partial charge in [0.1, 0.15) is 0 Å². The van der Waals surface area contributed by atoms with Gasteiger partial charge in [0.05, 0.1) is 0 Å². The third kappa shape index (κ3) is 3.12. The van der Waals surface area contributed by atoms with Crippen LogP contribution in [0.2, 0.25) is 3.63 Å². The van der Waals surface area contributed by atoms with E-state index >= 15 is 0 Å². The van der Waals surface area contributed by atoms with Crippen LogP contribution in [0.3, 0.4) is 0 Å². The minimum Gasteiger partial charge on any atom is -1.00 e. The third-order valence-electron chi connectivity index (χ3n) is 5.08. The van der Waals surface area contributed by atoms with Gasteiger partial charge in [0.15, 0.2) is 0 Å². The number of aromatic nitrogens is 1. The van der Waals surface area contributed by atoms with E-state index < -0.39 is 23.2 Å². The van der Waals surface area contributed by atoms with Gasteiger partial charge in [-0.25, -0.2) is 0 Å². The number of halogens is 3. The maximum atomic E-state index is 3.63. The van der Waals surface area contributed by atoms with Crippen LogP contribution in [0.15, 0.2) is 68.0 Å². The molecule has 0 aliphatic heterocycles. The predicted octanol–water partition coefficient (Wildman–Crippen LogP) is 0.0138. The van der Waals surface area contributed by atoms with Crippen LogP contribution in [0, 0.1) is 0 Å². The molecule has 0 N–H and O–H groups in total. The Morgan fingerprint density at radius 1 is 1.15 bits per heavy atom. The Morgan fingerprint density at radius 2 is 2.00 bits per heavy atom.